The summed E-state index contributed by atoms with van der Waals surface area (Å²) in [6.07, 6.45) is 6.05. The van der Waals surface area contributed by atoms with Crippen LogP contribution in [0.4, 0.5) is 0 Å². The SMILES string of the molecule is Cc1cn(CC2CCCCO2)c(=S)[nH]1. The van der Waals surface area contributed by atoms with Crippen molar-refractivity contribution in [1.82, 2.24) is 9.55 Å². The van der Waals surface area contributed by atoms with Crippen LogP contribution >= 0.6 is 12.2 Å². The second-order valence-electron chi connectivity index (χ2n) is 3.88. The minimum absolute atomic E-state index is 0.352. The van der Waals surface area contributed by atoms with Gasteiger partial charge in [0.25, 0.3) is 0 Å². The van der Waals surface area contributed by atoms with Gasteiger partial charge in [-0.25, -0.2) is 0 Å². The molecule has 1 atom stereocenters. The average Bonchev–Trinajstić information content (AvgIpc) is 2.47. The number of ether oxygens (including phenoxy) is 1. The number of aromatic amines is 1. The average molecular weight is 212 g/mol. The van der Waals surface area contributed by atoms with E-state index in [0.29, 0.717) is 6.10 Å². The minimum Gasteiger partial charge on any atom is -0.376 e. The van der Waals surface area contributed by atoms with Crippen molar-refractivity contribution in [2.75, 3.05) is 6.61 Å². The molecule has 0 radical (unpaired) electrons. The summed E-state index contributed by atoms with van der Waals surface area (Å²) in [5.41, 5.74) is 1.12. The van der Waals surface area contributed by atoms with Gasteiger partial charge in [0.05, 0.1) is 12.6 Å². The van der Waals surface area contributed by atoms with E-state index in [1.165, 1.54) is 12.8 Å². The quantitative estimate of drug-likeness (QED) is 0.763. The standard InChI is InChI=1S/C10H16N2OS/c1-8-6-12(10(14)11-8)7-9-4-2-3-5-13-9/h6,9H,2-5,7H2,1H3,(H,11,14). The van der Waals surface area contributed by atoms with Gasteiger partial charge in [-0.3, -0.25) is 0 Å². The molecule has 2 rings (SSSR count). The van der Waals surface area contributed by atoms with E-state index >= 15 is 0 Å². The predicted molar refractivity (Wildman–Crippen MR) is 57.9 cm³/mol. The van der Waals surface area contributed by atoms with Gasteiger partial charge in [0.2, 0.25) is 0 Å². The molecule has 1 aromatic heterocycles. The van der Waals surface area contributed by atoms with Crippen LogP contribution in [0.1, 0.15) is 25.0 Å². The van der Waals surface area contributed by atoms with Crippen LogP contribution in [0.5, 0.6) is 0 Å². The third-order valence-corrected chi connectivity index (χ3v) is 2.93. The van der Waals surface area contributed by atoms with E-state index in [1.54, 1.807) is 0 Å². The number of nitrogens with zero attached hydrogens (tertiary/aromatic N) is 1. The Morgan fingerprint density at radius 2 is 2.50 bits per heavy atom. The Labute approximate surface area is 89.1 Å². The first-order valence-corrected chi connectivity index (χ1v) is 5.54. The molecule has 4 heteroatoms. The smallest absolute Gasteiger partial charge is 0.177 e. The lowest BCUT2D eigenvalue weighted by atomic mass is 10.1. The fourth-order valence-corrected chi connectivity index (χ4v) is 2.16. The van der Waals surface area contributed by atoms with Crippen molar-refractivity contribution < 1.29 is 4.74 Å². The monoisotopic (exact) mass is 212 g/mol. The molecule has 0 saturated carbocycles. The summed E-state index contributed by atoms with van der Waals surface area (Å²) < 4.78 is 8.54. The maximum Gasteiger partial charge on any atom is 0.177 e. The van der Waals surface area contributed by atoms with Crippen molar-refractivity contribution in [3.05, 3.63) is 16.7 Å². The van der Waals surface area contributed by atoms with Crippen molar-refractivity contribution in [2.24, 2.45) is 0 Å². The number of rotatable bonds is 2. The van der Waals surface area contributed by atoms with Crippen LogP contribution < -0.4 is 0 Å². The molecular formula is C10H16N2OS. The Bertz CT molecular complexity index is 349. The molecule has 0 aliphatic carbocycles. The number of hydrogen-bond donors (Lipinski definition) is 1. The van der Waals surface area contributed by atoms with E-state index < -0.39 is 0 Å². The zero-order valence-corrected chi connectivity index (χ0v) is 9.27. The number of aromatic nitrogens is 2. The van der Waals surface area contributed by atoms with E-state index in [2.05, 4.69) is 15.7 Å². The third kappa shape index (κ3) is 2.25. The Morgan fingerprint density at radius 3 is 3.07 bits per heavy atom. The molecule has 0 spiro atoms. The Kier molecular flexibility index (Phi) is 3.03. The molecule has 1 aliphatic rings. The van der Waals surface area contributed by atoms with Gasteiger partial charge < -0.3 is 14.3 Å². The molecule has 2 heterocycles. The minimum atomic E-state index is 0.352. The molecule has 1 aromatic rings. The van der Waals surface area contributed by atoms with Crippen molar-refractivity contribution in [2.45, 2.75) is 38.8 Å². The Balaban J connectivity index is 2.02. The molecule has 0 bridgehead atoms. The maximum absolute atomic E-state index is 5.67. The first-order chi connectivity index (χ1) is 6.75. The lowest BCUT2D eigenvalue weighted by molar-refractivity contribution is 0.00576. The van der Waals surface area contributed by atoms with Gasteiger partial charge in [-0.2, -0.15) is 0 Å². The molecule has 0 aromatic carbocycles. The zero-order chi connectivity index (χ0) is 9.97. The number of aryl methyl sites for hydroxylation is 1. The fourth-order valence-electron chi connectivity index (χ4n) is 1.87. The summed E-state index contributed by atoms with van der Waals surface area (Å²) in [7, 11) is 0. The molecule has 78 valence electrons. The number of imidazole rings is 1. The van der Waals surface area contributed by atoms with Gasteiger partial charge >= 0.3 is 0 Å². The first-order valence-electron chi connectivity index (χ1n) is 5.13. The molecule has 3 nitrogen and oxygen atoms in total. The fraction of sp³-hybridized carbons (Fsp3) is 0.700. The van der Waals surface area contributed by atoms with E-state index in [9.17, 15) is 0 Å². The van der Waals surface area contributed by atoms with Crippen molar-refractivity contribution >= 4 is 12.2 Å². The molecule has 1 saturated heterocycles. The van der Waals surface area contributed by atoms with Gasteiger partial charge in [-0.05, 0) is 38.4 Å². The van der Waals surface area contributed by atoms with E-state index in [-0.39, 0.29) is 0 Å². The van der Waals surface area contributed by atoms with E-state index in [1.807, 2.05) is 6.92 Å². The highest BCUT2D eigenvalue weighted by atomic mass is 32.1. The summed E-state index contributed by atoms with van der Waals surface area (Å²) in [4.78, 5) is 3.12. The van der Waals surface area contributed by atoms with Gasteiger partial charge in [0.15, 0.2) is 4.77 Å². The summed E-state index contributed by atoms with van der Waals surface area (Å²) in [6.45, 7) is 3.82. The van der Waals surface area contributed by atoms with Crippen molar-refractivity contribution in [3.63, 3.8) is 0 Å². The van der Waals surface area contributed by atoms with Crippen LogP contribution in [0, 0.1) is 11.7 Å². The molecule has 1 unspecified atom stereocenters. The molecule has 1 fully saturated rings. The highest BCUT2D eigenvalue weighted by Gasteiger charge is 2.14. The lowest BCUT2D eigenvalue weighted by Gasteiger charge is -2.22. The van der Waals surface area contributed by atoms with Crippen LogP contribution in [0.25, 0.3) is 0 Å². The van der Waals surface area contributed by atoms with Crippen LogP contribution in [0.3, 0.4) is 0 Å². The zero-order valence-electron chi connectivity index (χ0n) is 8.45. The topological polar surface area (TPSA) is 29.9 Å². The molecule has 1 aliphatic heterocycles. The largest absolute Gasteiger partial charge is 0.376 e. The Morgan fingerprint density at radius 1 is 1.64 bits per heavy atom. The van der Waals surface area contributed by atoms with Crippen LogP contribution in [0.15, 0.2) is 6.20 Å². The van der Waals surface area contributed by atoms with E-state index in [4.69, 9.17) is 17.0 Å². The summed E-state index contributed by atoms with van der Waals surface area (Å²) in [5.74, 6) is 0. The predicted octanol–water partition coefficient (Wildman–Crippen LogP) is 2.42. The molecule has 1 N–H and O–H groups in total. The van der Waals surface area contributed by atoms with Crippen molar-refractivity contribution in [1.29, 1.82) is 0 Å². The van der Waals surface area contributed by atoms with Gasteiger partial charge in [0.1, 0.15) is 0 Å². The van der Waals surface area contributed by atoms with Crippen molar-refractivity contribution in [3.8, 4) is 0 Å². The third-order valence-electron chi connectivity index (χ3n) is 2.59. The normalized spacial score (nSPS) is 22.5. The van der Waals surface area contributed by atoms with Crippen LogP contribution in [0.2, 0.25) is 0 Å². The van der Waals surface area contributed by atoms with Gasteiger partial charge in [0, 0.05) is 18.5 Å². The van der Waals surface area contributed by atoms with Crippen LogP contribution in [-0.2, 0) is 11.3 Å². The molecule has 14 heavy (non-hydrogen) atoms. The lowest BCUT2D eigenvalue weighted by Crippen LogP contribution is -2.24. The maximum atomic E-state index is 5.67. The molecule has 0 amide bonds. The Hall–Kier alpha value is -0.610. The second kappa shape index (κ2) is 4.28. The second-order valence-corrected chi connectivity index (χ2v) is 4.27. The summed E-state index contributed by atoms with van der Waals surface area (Å²) in [5, 5.41) is 0. The van der Waals surface area contributed by atoms with Gasteiger partial charge in [-0.15, -0.1) is 0 Å². The van der Waals surface area contributed by atoms with Gasteiger partial charge in [-0.1, -0.05) is 0 Å². The highest BCUT2D eigenvalue weighted by Crippen LogP contribution is 2.14. The van der Waals surface area contributed by atoms with E-state index in [0.717, 1.165) is 30.0 Å². The summed E-state index contributed by atoms with van der Waals surface area (Å²) >= 11 is 5.19. The number of H-pyrrole nitrogens is 1. The highest BCUT2D eigenvalue weighted by molar-refractivity contribution is 7.71. The summed E-state index contributed by atoms with van der Waals surface area (Å²) in [6, 6.07) is 0. The number of hydrogen-bond acceptors (Lipinski definition) is 2. The first kappa shape index (κ1) is 9.93. The number of nitrogens with one attached hydrogen (secondary N) is 1. The van der Waals surface area contributed by atoms with Crippen LogP contribution in [-0.4, -0.2) is 22.3 Å². The molecular weight excluding hydrogens is 196 g/mol.